The summed E-state index contributed by atoms with van der Waals surface area (Å²) in [6, 6.07) is 17.2. The molecule has 0 aliphatic carbocycles. The van der Waals surface area contributed by atoms with Crippen LogP contribution in [0.15, 0.2) is 76.5 Å². The van der Waals surface area contributed by atoms with E-state index in [0.29, 0.717) is 5.75 Å². The third kappa shape index (κ3) is 5.76. The number of aryl methyl sites for hydroxylation is 1. The largest absolute Gasteiger partial charge is 0.443 e. The molecule has 0 aliphatic rings. The van der Waals surface area contributed by atoms with Gasteiger partial charge in [0.15, 0.2) is 0 Å². The quantitative estimate of drug-likeness (QED) is 0.805. The number of rotatable bonds is 6. The first kappa shape index (κ1) is 18.1. The molecule has 2 aromatic rings. The summed E-state index contributed by atoms with van der Waals surface area (Å²) in [5.74, 6) is 0.312. The maximum atomic E-state index is 12.0. The van der Waals surface area contributed by atoms with Crippen LogP contribution in [-0.2, 0) is 22.0 Å². The predicted octanol–water partition coefficient (Wildman–Crippen LogP) is 4.04. The number of nitrogens with zero attached hydrogens (tertiary/aromatic N) is 1. The highest BCUT2D eigenvalue weighted by molar-refractivity contribution is 7.87. The van der Waals surface area contributed by atoms with Crippen molar-refractivity contribution < 1.29 is 14.6 Å². The third-order valence-electron chi connectivity index (χ3n) is 3.28. The van der Waals surface area contributed by atoms with Crippen molar-refractivity contribution in [2.45, 2.75) is 24.5 Å². The second-order valence-corrected chi connectivity index (χ2v) is 7.00. The fraction of sp³-hybridized carbons (Fsp3) is 0.211. The normalized spacial score (nSPS) is 13.2. The first-order valence-corrected chi connectivity index (χ1v) is 8.94. The van der Waals surface area contributed by atoms with Gasteiger partial charge in [-0.25, -0.2) is 4.79 Å². The first-order valence-electron chi connectivity index (χ1n) is 7.59. The molecule has 0 aliphatic heterocycles. The van der Waals surface area contributed by atoms with Crippen molar-refractivity contribution in [1.82, 2.24) is 0 Å². The molecule has 126 valence electrons. The van der Waals surface area contributed by atoms with Crippen LogP contribution in [0.1, 0.15) is 11.1 Å². The second kappa shape index (κ2) is 9.15. The Balaban J connectivity index is 2.12. The SMILES string of the molecule is C=C[C@H](O)C/[S@@](=N/C(=O)OCc1ccccc1)c1ccc(C)cc1. The summed E-state index contributed by atoms with van der Waals surface area (Å²) in [5, 5.41) is 9.84. The molecule has 2 aromatic carbocycles. The summed E-state index contributed by atoms with van der Waals surface area (Å²) in [6.07, 6.45) is 0.0956. The van der Waals surface area contributed by atoms with E-state index in [1.165, 1.54) is 6.08 Å². The average molecular weight is 343 g/mol. The Kier molecular flexibility index (Phi) is 6.90. The Labute approximate surface area is 144 Å². The van der Waals surface area contributed by atoms with Crippen molar-refractivity contribution in [3.05, 3.63) is 78.4 Å². The molecule has 24 heavy (non-hydrogen) atoms. The molecule has 0 bridgehead atoms. The molecule has 1 N–H and O–H groups in total. The minimum Gasteiger partial charge on any atom is -0.443 e. The van der Waals surface area contributed by atoms with Crippen LogP contribution in [0, 0.1) is 6.92 Å². The Bertz CT molecular complexity index is 711. The predicted molar refractivity (Wildman–Crippen MR) is 96.9 cm³/mol. The van der Waals surface area contributed by atoms with Crippen molar-refractivity contribution >= 4 is 16.8 Å². The van der Waals surface area contributed by atoms with Gasteiger partial charge in [-0.1, -0.05) is 64.8 Å². The van der Waals surface area contributed by atoms with Crippen molar-refractivity contribution in [1.29, 1.82) is 0 Å². The lowest BCUT2D eigenvalue weighted by atomic mass is 10.2. The fourth-order valence-corrected chi connectivity index (χ4v) is 3.46. The van der Waals surface area contributed by atoms with Crippen LogP contribution in [0.4, 0.5) is 4.79 Å². The molecule has 2 atom stereocenters. The molecular formula is C19H21NO3S. The van der Waals surface area contributed by atoms with Gasteiger partial charge in [0.25, 0.3) is 0 Å². The molecule has 4 nitrogen and oxygen atoms in total. The Morgan fingerprint density at radius 2 is 1.92 bits per heavy atom. The van der Waals surface area contributed by atoms with E-state index in [1.807, 2.05) is 61.5 Å². The molecule has 0 radical (unpaired) electrons. The average Bonchev–Trinajstić information content (AvgIpc) is 2.61. The number of amides is 1. The van der Waals surface area contributed by atoms with E-state index in [1.54, 1.807) is 0 Å². The molecule has 5 heteroatoms. The molecular weight excluding hydrogens is 322 g/mol. The highest BCUT2D eigenvalue weighted by atomic mass is 32.2. The number of aliphatic hydroxyl groups is 1. The molecule has 1 amide bonds. The monoisotopic (exact) mass is 343 g/mol. The third-order valence-corrected chi connectivity index (χ3v) is 5.13. The van der Waals surface area contributed by atoms with Gasteiger partial charge in [0.1, 0.15) is 6.61 Å². The van der Waals surface area contributed by atoms with Crippen LogP contribution in [0.2, 0.25) is 0 Å². The van der Waals surface area contributed by atoms with Crippen molar-refractivity contribution in [3.63, 3.8) is 0 Å². The molecule has 0 fully saturated rings. The van der Waals surface area contributed by atoms with Gasteiger partial charge in [-0.15, -0.1) is 10.9 Å². The van der Waals surface area contributed by atoms with Crippen LogP contribution in [-0.4, -0.2) is 23.1 Å². The zero-order valence-corrected chi connectivity index (χ0v) is 14.4. The van der Waals surface area contributed by atoms with Crippen LogP contribution >= 0.6 is 0 Å². The van der Waals surface area contributed by atoms with E-state index in [2.05, 4.69) is 10.9 Å². The summed E-state index contributed by atoms with van der Waals surface area (Å²) in [7, 11) is -0.785. The number of carbonyl (C=O) groups excluding carboxylic acids is 1. The fourth-order valence-electron chi connectivity index (χ4n) is 1.95. The lowest BCUT2D eigenvalue weighted by Gasteiger charge is -2.11. The Hall–Kier alpha value is -2.24. The number of carbonyl (C=O) groups is 1. The van der Waals surface area contributed by atoms with E-state index in [-0.39, 0.29) is 6.61 Å². The molecule has 0 heterocycles. The van der Waals surface area contributed by atoms with Gasteiger partial charge in [-0.3, -0.25) is 0 Å². The minimum atomic E-state index is -0.785. The van der Waals surface area contributed by atoms with E-state index < -0.39 is 22.9 Å². The highest BCUT2D eigenvalue weighted by Crippen LogP contribution is 2.13. The van der Waals surface area contributed by atoms with Crippen LogP contribution in [0.25, 0.3) is 0 Å². The Morgan fingerprint density at radius 1 is 1.25 bits per heavy atom. The molecule has 0 saturated carbocycles. The Morgan fingerprint density at radius 3 is 2.54 bits per heavy atom. The maximum absolute atomic E-state index is 12.0. The van der Waals surface area contributed by atoms with E-state index in [4.69, 9.17) is 4.74 Å². The first-order chi connectivity index (χ1) is 11.6. The topological polar surface area (TPSA) is 58.9 Å². The van der Waals surface area contributed by atoms with E-state index >= 15 is 0 Å². The number of benzene rings is 2. The number of hydrogen-bond donors (Lipinski definition) is 1. The molecule has 0 spiro atoms. The maximum Gasteiger partial charge on any atom is 0.440 e. The zero-order chi connectivity index (χ0) is 17.4. The number of aliphatic hydroxyl groups excluding tert-OH is 1. The van der Waals surface area contributed by atoms with Gasteiger partial charge >= 0.3 is 6.09 Å². The van der Waals surface area contributed by atoms with E-state index in [0.717, 1.165) is 16.0 Å². The molecule has 0 aromatic heterocycles. The van der Waals surface area contributed by atoms with Crippen molar-refractivity contribution in [2.75, 3.05) is 5.75 Å². The summed E-state index contributed by atoms with van der Waals surface area (Å²) in [6.45, 7) is 5.74. The van der Waals surface area contributed by atoms with Gasteiger partial charge in [-0.2, -0.15) is 0 Å². The smallest absolute Gasteiger partial charge is 0.440 e. The summed E-state index contributed by atoms with van der Waals surface area (Å²) in [5.41, 5.74) is 2.03. The lowest BCUT2D eigenvalue weighted by Crippen LogP contribution is -2.15. The van der Waals surface area contributed by atoms with Crippen LogP contribution in [0.3, 0.4) is 0 Å². The number of hydrogen-bond acceptors (Lipinski definition) is 3. The van der Waals surface area contributed by atoms with Gasteiger partial charge in [0.05, 0.1) is 6.10 Å². The standard InChI is InChI=1S/C19H21NO3S/c1-3-17(21)14-24(18-11-9-15(2)10-12-18)20-19(22)23-13-16-7-5-4-6-8-16/h3-12,17,21H,1,13-14H2,2H3/t17-,24+/m0/s1. The van der Waals surface area contributed by atoms with Crippen molar-refractivity contribution in [3.8, 4) is 0 Å². The zero-order valence-electron chi connectivity index (χ0n) is 13.6. The molecule has 0 unspecified atom stereocenters. The highest BCUT2D eigenvalue weighted by Gasteiger charge is 2.10. The minimum absolute atomic E-state index is 0.179. The summed E-state index contributed by atoms with van der Waals surface area (Å²) in [4.78, 5) is 12.9. The van der Waals surface area contributed by atoms with Gasteiger partial charge in [0.2, 0.25) is 0 Å². The second-order valence-electron chi connectivity index (χ2n) is 5.28. The van der Waals surface area contributed by atoms with Gasteiger partial charge in [0, 0.05) is 10.6 Å². The molecule has 0 saturated heterocycles. The van der Waals surface area contributed by atoms with Crippen LogP contribution < -0.4 is 0 Å². The number of ether oxygens (including phenoxy) is 1. The van der Waals surface area contributed by atoms with Crippen molar-refractivity contribution in [2.24, 2.45) is 4.36 Å². The summed E-state index contributed by atoms with van der Waals surface area (Å²) >= 11 is 0. The van der Waals surface area contributed by atoms with Gasteiger partial charge < -0.3 is 9.84 Å². The molecule has 2 rings (SSSR count). The van der Waals surface area contributed by atoms with E-state index in [9.17, 15) is 9.90 Å². The lowest BCUT2D eigenvalue weighted by molar-refractivity contribution is 0.151. The van der Waals surface area contributed by atoms with Crippen LogP contribution in [0.5, 0.6) is 0 Å². The summed E-state index contributed by atoms with van der Waals surface area (Å²) < 4.78 is 9.35. The van der Waals surface area contributed by atoms with Gasteiger partial charge in [-0.05, 0) is 24.6 Å².